The third-order valence-corrected chi connectivity index (χ3v) is 4.64. The van der Waals surface area contributed by atoms with Gasteiger partial charge in [0.15, 0.2) is 0 Å². The molecule has 0 fully saturated rings. The van der Waals surface area contributed by atoms with E-state index >= 15 is 0 Å². The first-order valence-corrected chi connectivity index (χ1v) is 8.65. The topological polar surface area (TPSA) is 69.7 Å². The van der Waals surface area contributed by atoms with Crippen LogP contribution >= 0.6 is 10.7 Å². The van der Waals surface area contributed by atoms with Crippen molar-refractivity contribution in [1.29, 1.82) is 0 Å². The molecule has 0 saturated heterocycles. The van der Waals surface area contributed by atoms with Crippen LogP contribution in [0.3, 0.4) is 0 Å². The Balaban J connectivity index is 3.34. The van der Waals surface area contributed by atoms with Crippen molar-refractivity contribution < 1.29 is 22.7 Å². The molecule has 1 aromatic carbocycles. The summed E-state index contributed by atoms with van der Waals surface area (Å²) in [6.07, 6.45) is -0.432. The fourth-order valence-corrected chi connectivity index (χ4v) is 3.99. The molecule has 1 aromatic rings. The lowest BCUT2D eigenvalue weighted by Crippen LogP contribution is -2.21. The van der Waals surface area contributed by atoms with Crippen LogP contribution in [0.5, 0.6) is 0 Å². The summed E-state index contributed by atoms with van der Waals surface area (Å²) in [7, 11) is 3.02. The number of aryl methyl sites for hydroxylation is 2. The minimum atomic E-state index is -3.94. The maximum atomic E-state index is 12.2. The van der Waals surface area contributed by atoms with Gasteiger partial charge in [-0.1, -0.05) is 6.07 Å². The third kappa shape index (κ3) is 4.18. The van der Waals surface area contributed by atoms with Crippen LogP contribution in [0.2, 0.25) is 0 Å². The van der Waals surface area contributed by atoms with E-state index in [0.29, 0.717) is 16.7 Å². The van der Waals surface area contributed by atoms with Crippen LogP contribution in [0.15, 0.2) is 11.0 Å². The van der Waals surface area contributed by atoms with E-state index in [9.17, 15) is 13.2 Å². The van der Waals surface area contributed by atoms with E-state index in [-0.39, 0.29) is 17.1 Å². The number of halogens is 1. The maximum Gasteiger partial charge on any atom is 0.339 e. The molecule has 0 radical (unpaired) electrons. The summed E-state index contributed by atoms with van der Waals surface area (Å²) in [6.45, 7) is 6.86. The molecule has 1 rings (SSSR count). The lowest BCUT2D eigenvalue weighted by atomic mass is 9.99. The third-order valence-electron chi connectivity index (χ3n) is 3.06. The molecule has 0 spiro atoms. The number of hydrogen-bond acceptors (Lipinski definition) is 5. The molecule has 21 heavy (non-hydrogen) atoms. The highest BCUT2D eigenvalue weighted by Crippen LogP contribution is 2.29. The van der Waals surface area contributed by atoms with Crippen molar-refractivity contribution in [3.8, 4) is 0 Å². The van der Waals surface area contributed by atoms with Gasteiger partial charge in [0.05, 0.1) is 17.1 Å². The predicted molar refractivity (Wildman–Crippen MR) is 80.4 cm³/mol. The van der Waals surface area contributed by atoms with E-state index in [1.165, 1.54) is 7.11 Å². The van der Waals surface area contributed by atoms with Gasteiger partial charge in [0, 0.05) is 17.8 Å². The Morgan fingerprint density at radius 3 is 2.33 bits per heavy atom. The Kier molecular flexibility index (Phi) is 5.78. The summed E-state index contributed by atoms with van der Waals surface area (Å²) in [6, 6.07) is 1.61. The van der Waals surface area contributed by atoms with E-state index < -0.39 is 21.1 Å². The molecule has 0 aromatic heterocycles. The van der Waals surface area contributed by atoms with E-state index in [1.807, 2.05) is 0 Å². The van der Waals surface area contributed by atoms with Gasteiger partial charge in [-0.15, -0.1) is 0 Å². The lowest BCUT2D eigenvalue weighted by molar-refractivity contribution is 0.0118. The molecule has 0 amide bonds. The Morgan fingerprint density at radius 2 is 1.86 bits per heavy atom. The minimum Gasteiger partial charge on any atom is -0.457 e. The van der Waals surface area contributed by atoms with Crippen LogP contribution in [-0.4, -0.2) is 34.2 Å². The number of carbonyl (C=O) groups is 1. The fourth-order valence-electron chi connectivity index (χ4n) is 2.37. The van der Waals surface area contributed by atoms with Crippen molar-refractivity contribution in [1.82, 2.24) is 0 Å². The average molecular weight is 335 g/mol. The zero-order chi connectivity index (χ0) is 16.4. The number of benzene rings is 1. The summed E-state index contributed by atoms with van der Waals surface area (Å²) in [4.78, 5) is 12.2. The van der Waals surface area contributed by atoms with Gasteiger partial charge >= 0.3 is 5.97 Å². The smallest absolute Gasteiger partial charge is 0.339 e. The van der Waals surface area contributed by atoms with Gasteiger partial charge < -0.3 is 9.47 Å². The van der Waals surface area contributed by atoms with Gasteiger partial charge in [-0.25, -0.2) is 13.2 Å². The van der Waals surface area contributed by atoms with Gasteiger partial charge in [0.2, 0.25) is 0 Å². The molecule has 1 unspecified atom stereocenters. The second-order valence-corrected chi connectivity index (χ2v) is 7.45. The average Bonchev–Trinajstić information content (AvgIpc) is 2.25. The highest BCUT2D eigenvalue weighted by molar-refractivity contribution is 8.13. The summed E-state index contributed by atoms with van der Waals surface area (Å²) < 4.78 is 33.5. The molecule has 0 heterocycles. The molecule has 0 N–H and O–H groups in total. The van der Waals surface area contributed by atoms with Gasteiger partial charge in [-0.2, -0.15) is 0 Å². The monoisotopic (exact) mass is 334 g/mol. The summed E-state index contributed by atoms with van der Waals surface area (Å²) in [5.74, 6) is -0.587. The largest absolute Gasteiger partial charge is 0.457 e. The summed E-state index contributed by atoms with van der Waals surface area (Å²) >= 11 is 0. The predicted octanol–water partition coefficient (Wildman–Crippen LogP) is 2.73. The van der Waals surface area contributed by atoms with Crippen molar-refractivity contribution in [2.75, 3.05) is 13.7 Å². The van der Waals surface area contributed by atoms with Crippen LogP contribution in [0.1, 0.15) is 34.0 Å². The molecule has 0 aliphatic rings. The Morgan fingerprint density at radius 1 is 1.29 bits per heavy atom. The SMILES string of the molecule is COCC(C)OC(=O)c1c(C)cc(C)c(S(=O)(=O)Cl)c1C. The van der Waals surface area contributed by atoms with E-state index in [2.05, 4.69) is 0 Å². The van der Waals surface area contributed by atoms with E-state index in [1.54, 1.807) is 33.8 Å². The molecule has 0 bridgehead atoms. The van der Waals surface area contributed by atoms with Crippen molar-refractivity contribution in [2.45, 2.75) is 38.7 Å². The summed E-state index contributed by atoms with van der Waals surface area (Å²) in [5, 5.41) is 0. The van der Waals surface area contributed by atoms with Crippen LogP contribution in [-0.2, 0) is 18.5 Å². The molecule has 0 aliphatic heterocycles. The molecular weight excluding hydrogens is 316 g/mol. The zero-order valence-electron chi connectivity index (χ0n) is 12.7. The summed E-state index contributed by atoms with van der Waals surface area (Å²) in [5.41, 5.74) is 1.67. The molecular formula is C14H19ClO5S. The van der Waals surface area contributed by atoms with Crippen LogP contribution in [0, 0.1) is 20.8 Å². The van der Waals surface area contributed by atoms with Gasteiger partial charge in [0.25, 0.3) is 9.05 Å². The molecule has 0 aliphatic carbocycles. The molecule has 118 valence electrons. The lowest BCUT2D eigenvalue weighted by Gasteiger charge is -2.17. The van der Waals surface area contributed by atoms with Crippen molar-refractivity contribution in [3.05, 3.63) is 28.3 Å². The second kappa shape index (κ2) is 6.77. The minimum absolute atomic E-state index is 0.0406. The first-order chi connectivity index (χ1) is 9.59. The first-order valence-electron chi connectivity index (χ1n) is 6.35. The first kappa shape index (κ1) is 17.9. The number of methoxy groups -OCH3 is 1. The fraction of sp³-hybridized carbons (Fsp3) is 0.500. The normalized spacial score (nSPS) is 13.0. The van der Waals surface area contributed by atoms with Gasteiger partial charge in [-0.3, -0.25) is 0 Å². The van der Waals surface area contributed by atoms with Crippen molar-refractivity contribution in [3.63, 3.8) is 0 Å². The molecule has 0 saturated carbocycles. The van der Waals surface area contributed by atoms with Crippen LogP contribution in [0.4, 0.5) is 0 Å². The highest BCUT2D eigenvalue weighted by atomic mass is 35.7. The standard InChI is InChI=1S/C14H19ClO5S/c1-8-6-9(2)13(21(15,17)18)11(4)12(8)14(16)20-10(3)7-19-5/h6,10H,7H2,1-5H3. The Labute approximate surface area is 129 Å². The van der Waals surface area contributed by atoms with E-state index in [4.69, 9.17) is 20.2 Å². The van der Waals surface area contributed by atoms with Crippen molar-refractivity contribution in [2.24, 2.45) is 0 Å². The highest BCUT2D eigenvalue weighted by Gasteiger charge is 2.25. The Hall–Kier alpha value is -1.11. The second-order valence-electron chi connectivity index (χ2n) is 4.95. The Bertz CT molecular complexity index is 652. The van der Waals surface area contributed by atoms with Crippen molar-refractivity contribution >= 4 is 25.7 Å². The van der Waals surface area contributed by atoms with Gasteiger partial charge in [-0.05, 0) is 44.4 Å². The number of ether oxygens (including phenoxy) is 2. The number of hydrogen-bond donors (Lipinski definition) is 0. The molecule has 1 atom stereocenters. The maximum absolute atomic E-state index is 12.2. The molecule has 5 nitrogen and oxygen atoms in total. The molecule has 7 heteroatoms. The number of carbonyl (C=O) groups excluding carboxylic acids is 1. The van der Waals surface area contributed by atoms with Gasteiger partial charge in [0.1, 0.15) is 6.10 Å². The van der Waals surface area contributed by atoms with E-state index in [0.717, 1.165) is 0 Å². The zero-order valence-corrected chi connectivity index (χ0v) is 14.3. The van der Waals surface area contributed by atoms with Crippen LogP contribution in [0.25, 0.3) is 0 Å². The number of rotatable bonds is 5. The number of esters is 1. The quantitative estimate of drug-likeness (QED) is 0.611. The van der Waals surface area contributed by atoms with Crippen LogP contribution < -0.4 is 0 Å².